The van der Waals surface area contributed by atoms with Gasteiger partial charge in [0.15, 0.2) is 0 Å². The van der Waals surface area contributed by atoms with Crippen molar-refractivity contribution >= 4 is 5.97 Å². The molecule has 5 nitrogen and oxygen atoms in total. The molecule has 0 spiro atoms. The van der Waals surface area contributed by atoms with Gasteiger partial charge in [-0.05, 0) is 37.7 Å². The lowest BCUT2D eigenvalue weighted by molar-refractivity contribution is -0.144. The van der Waals surface area contributed by atoms with Crippen molar-refractivity contribution in [3.8, 4) is 11.8 Å². The van der Waals surface area contributed by atoms with Crippen molar-refractivity contribution in [2.45, 2.75) is 51.4 Å². The molecule has 128 valence electrons. The van der Waals surface area contributed by atoms with Crippen LogP contribution < -0.4 is 0 Å². The van der Waals surface area contributed by atoms with Gasteiger partial charge in [-0.3, -0.25) is 4.79 Å². The zero-order valence-electron chi connectivity index (χ0n) is 13.8. The number of carbonyl (C=O) groups excluding carboxylic acids is 1. The molecule has 0 aliphatic carbocycles. The number of aliphatic hydroxyl groups is 1. The third-order valence-electron chi connectivity index (χ3n) is 3.27. The minimum Gasteiger partial charge on any atom is -0.461 e. The molecule has 1 heterocycles. The summed E-state index contributed by atoms with van der Waals surface area (Å²) in [6.07, 6.45) is 5.55. The summed E-state index contributed by atoms with van der Waals surface area (Å²) in [6, 6.07) is 0. The van der Waals surface area contributed by atoms with Gasteiger partial charge in [0.1, 0.15) is 6.61 Å². The normalized spacial score (nSPS) is 17.0. The van der Waals surface area contributed by atoms with E-state index in [1.54, 1.807) is 6.92 Å². The van der Waals surface area contributed by atoms with Crippen LogP contribution in [-0.4, -0.2) is 43.3 Å². The Hall–Kier alpha value is -1.61. The van der Waals surface area contributed by atoms with Gasteiger partial charge in [0.2, 0.25) is 6.29 Å². The Morgan fingerprint density at radius 1 is 1.48 bits per heavy atom. The zero-order valence-corrected chi connectivity index (χ0v) is 13.8. The molecule has 1 aliphatic heterocycles. The minimum atomic E-state index is -0.803. The first kappa shape index (κ1) is 19.4. The van der Waals surface area contributed by atoms with Gasteiger partial charge in [-0.1, -0.05) is 24.7 Å². The first-order valence-electron chi connectivity index (χ1n) is 7.96. The molecule has 0 aromatic carbocycles. The number of hydrogen-bond acceptors (Lipinski definition) is 5. The number of hydrogen-bond donors (Lipinski definition) is 1. The molecule has 1 rings (SSSR count). The van der Waals surface area contributed by atoms with Crippen molar-refractivity contribution in [1.29, 1.82) is 0 Å². The molecule has 1 atom stereocenters. The van der Waals surface area contributed by atoms with Crippen molar-refractivity contribution in [3.63, 3.8) is 0 Å². The molecule has 5 heteroatoms. The van der Waals surface area contributed by atoms with Crippen LogP contribution in [0.15, 0.2) is 24.3 Å². The molecule has 0 saturated carbocycles. The summed E-state index contributed by atoms with van der Waals surface area (Å²) >= 11 is 0. The number of carbonyl (C=O) groups is 1. The van der Waals surface area contributed by atoms with Crippen molar-refractivity contribution in [1.82, 2.24) is 0 Å². The van der Waals surface area contributed by atoms with Crippen LogP contribution in [0.3, 0.4) is 0 Å². The van der Waals surface area contributed by atoms with Crippen LogP contribution in [0, 0.1) is 11.8 Å². The Labute approximate surface area is 138 Å². The fourth-order valence-corrected chi connectivity index (χ4v) is 1.91. The maximum Gasteiger partial charge on any atom is 0.309 e. The molecule has 1 unspecified atom stereocenters. The van der Waals surface area contributed by atoms with E-state index in [1.807, 2.05) is 6.08 Å². The number of unbranched alkanes of at least 4 members (excludes halogenated alkanes) is 2. The van der Waals surface area contributed by atoms with E-state index in [9.17, 15) is 9.90 Å². The highest BCUT2D eigenvalue weighted by atomic mass is 16.7. The Balaban J connectivity index is 2.18. The molecular formula is C18H26O5. The summed E-state index contributed by atoms with van der Waals surface area (Å²) in [5, 5.41) is 9.90. The van der Waals surface area contributed by atoms with E-state index in [-0.39, 0.29) is 19.3 Å². The van der Waals surface area contributed by atoms with Crippen molar-refractivity contribution < 1.29 is 24.1 Å². The predicted molar refractivity (Wildman–Crippen MR) is 87.5 cm³/mol. The van der Waals surface area contributed by atoms with Crippen molar-refractivity contribution in [2.24, 2.45) is 0 Å². The first-order valence-corrected chi connectivity index (χ1v) is 7.96. The molecule has 23 heavy (non-hydrogen) atoms. The number of ether oxygens (including phenoxy) is 3. The van der Waals surface area contributed by atoms with Gasteiger partial charge >= 0.3 is 5.97 Å². The Kier molecular flexibility index (Phi) is 10.0. The molecule has 0 radical (unpaired) electrons. The Morgan fingerprint density at radius 3 is 2.91 bits per heavy atom. The van der Waals surface area contributed by atoms with Crippen LogP contribution in [0.5, 0.6) is 0 Å². The van der Waals surface area contributed by atoms with Gasteiger partial charge in [0, 0.05) is 6.42 Å². The van der Waals surface area contributed by atoms with E-state index < -0.39 is 12.1 Å². The summed E-state index contributed by atoms with van der Waals surface area (Å²) in [6.45, 7) is 6.84. The highest BCUT2D eigenvalue weighted by Gasteiger charge is 2.13. The topological polar surface area (TPSA) is 65.0 Å². The molecule has 1 aliphatic rings. The van der Waals surface area contributed by atoms with Gasteiger partial charge in [-0.15, -0.1) is 0 Å². The van der Waals surface area contributed by atoms with E-state index in [0.29, 0.717) is 13.2 Å². The average molecular weight is 322 g/mol. The lowest BCUT2D eigenvalue weighted by atomic mass is 10.1. The molecule has 0 bridgehead atoms. The summed E-state index contributed by atoms with van der Waals surface area (Å²) in [4.78, 5) is 11.4. The van der Waals surface area contributed by atoms with Gasteiger partial charge < -0.3 is 19.3 Å². The summed E-state index contributed by atoms with van der Waals surface area (Å²) in [5.41, 5.74) is 0.771. The lowest BCUT2D eigenvalue weighted by Crippen LogP contribution is -2.22. The second-order valence-electron chi connectivity index (χ2n) is 5.28. The Morgan fingerprint density at radius 2 is 2.22 bits per heavy atom. The second-order valence-corrected chi connectivity index (χ2v) is 5.28. The summed E-state index contributed by atoms with van der Waals surface area (Å²) < 4.78 is 15.5. The summed E-state index contributed by atoms with van der Waals surface area (Å²) in [7, 11) is 0. The van der Waals surface area contributed by atoms with Gasteiger partial charge in [-0.25, -0.2) is 0 Å². The minimum absolute atomic E-state index is 0.0354. The van der Waals surface area contributed by atoms with Gasteiger partial charge in [0.05, 0.1) is 25.7 Å². The molecule has 1 saturated heterocycles. The van der Waals surface area contributed by atoms with Gasteiger partial charge in [0.25, 0.3) is 0 Å². The third-order valence-corrected chi connectivity index (χ3v) is 3.27. The van der Waals surface area contributed by atoms with Crippen molar-refractivity contribution in [2.75, 3.05) is 19.8 Å². The second kappa shape index (κ2) is 11.9. The largest absolute Gasteiger partial charge is 0.461 e. The van der Waals surface area contributed by atoms with E-state index in [1.165, 1.54) is 6.08 Å². The van der Waals surface area contributed by atoms with E-state index in [4.69, 9.17) is 14.2 Å². The smallest absolute Gasteiger partial charge is 0.309 e. The summed E-state index contributed by atoms with van der Waals surface area (Å²) in [5.74, 6) is 5.56. The number of aliphatic hydroxyl groups excluding tert-OH is 1. The van der Waals surface area contributed by atoms with Crippen LogP contribution in [0.4, 0.5) is 0 Å². The van der Waals surface area contributed by atoms with Crippen LogP contribution in [0.1, 0.15) is 39.0 Å². The maximum atomic E-state index is 11.4. The third kappa shape index (κ3) is 9.19. The molecule has 1 fully saturated rings. The van der Waals surface area contributed by atoms with Crippen LogP contribution in [0.25, 0.3) is 0 Å². The standard InChI is InChI=1S/C18H26O5/c1-3-11-21-17(20)14-16(19)15(2)9-6-4-5-7-10-18-22-12-8-13-23-18/h3,9,16,18-19H,1,4-6,8,11-14H2,2H3/b15-9+. The molecule has 0 aromatic heterocycles. The van der Waals surface area contributed by atoms with Crippen LogP contribution in [-0.2, 0) is 19.0 Å². The molecule has 1 N–H and O–H groups in total. The highest BCUT2D eigenvalue weighted by molar-refractivity contribution is 5.70. The van der Waals surface area contributed by atoms with Crippen LogP contribution in [0.2, 0.25) is 0 Å². The Bertz CT molecular complexity index is 452. The number of esters is 1. The number of rotatable bonds is 8. The molecule has 0 amide bonds. The fraction of sp³-hybridized carbons (Fsp3) is 0.611. The monoisotopic (exact) mass is 322 g/mol. The van der Waals surface area contributed by atoms with E-state index >= 15 is 0 Å². The quantitative estimate of drug-likeness (QED) is 0.322. The highest BCUT2D eigenvalue weighted by Crippen LogP contribution is 2.10. The van der Waals surface area contributed by atoms with Crippen molar-refractivity contribution in [3.05, 3.63) is 24.3 Å². The maximum absolute atomic E-state index is 11.4. The molecule has 0 aromatic rings. The van der Waals surface area contributed by atoms with E-state index in [0.717, 1.165) is 31.3 Å². The van der Waals surface area contributed by atoms with E-state index in [2.05, 4.69) is 18.4 Å². The molecular weight excluding hydrogens is 296 g/mol. The average Bonchev–Trinajstić information content (AvgIpc) is 2.56. The first-order chi connectivity index (χ1) is 11.1. The fourth-order valence-electron chi connectivity index (χ4n) is 1.91. The lowest BCUT2D eigenvalue weighted by Gasteiger charge is -2.17. The van der Waals surface area contributed by atoms with Gasteiger partial charge in [-0.2, -0.15) is 0 Å². The predicted octanol–water partition coefficient (Wildman–Crippen LogP) is 2.35. The SMILES string of the molecule is C=CCOC(=O)CC(O)/C(C)=C/CCCC#CC1OCCCO1. The number of allylic oxidation sites excluding steroid dienone is 1. The van der Waals surface area contributed by atoms with Crippen LogP contribution >= 0.6 is 0 Å². The zero-order chi connectivity index (χ0) is 16.9.